The van der Waals surface area contributed by atoms with Gasteiger partial charge in [-0.25, -0.2) is 9.97 Å². The van der Waals surface area contributed by atoms with Gasteiger partial charge in [0.15, 0.2) is 0 Å². The third-order valence-corrected chi connectivity index (χ3v) is 9.88. The van der Waals surface area contributed by atoms with Gasteiger partial charge >= 0.3 is 18.9 Å². The number of nitrogens with one attached hydrogen (secondary N) is 5. The van der Waals surface area contributed by atoms with E-state index in [9.17, 15) is 29.4 Å². The largest absolute Gasteiger partial charge is 1.00 e. The average Bonchev–Trinajstić information content (AvgIpc) is 3.97. The molecule has 0 bridgehead atoms. The number of benzene rings is 4. The first kappa shape index (κ1) is 67.0. The number of hydrogen-bond donors (Lipinski definition) is 7. The predicted octanol–water partition coefficient (Wildman–Crippen LogP) is 6.84. The zero-order valence-corrected chi connectivity index (χ0v) is 45.1. The second-order valence-corrected chi connectivity index (χ2v) is 15.8. The Bertz CT molecular complexity index is 2730. The molecule has 1 fully saturated rings. The van der Waals surface area contributed by atoms with Crippen molar-refractivity contribution in [2.24, 2.45) is 0 Å². The summed E-state index contributed by atoms with van der Waals surface area (Å²) in [4.78, 5) is 60.6. The van der Waals surface area contributed by atoms with E-state index in [1.807, 2.05) is 6.07 Å². The number of carbonyl (C=O) groups is 4. The van der Waals surface area contributed by atoms with Crippen LogP contribution in [0.5, 0.6) is 0 Å². The Labute approximate surface area is 468 Å². The Kier molecular flexibility index (Phi) is 32.3. The number of aliphatic hydroxyl groups is 2. The SMILES string of the molecule is C1CCOC1.CN(C)C(=N)c1ccc(C(=O)Nc2ccc(CO)cc2C(=O)Nc2ccc(Cl)cn2)cc1.C[N-]C.Cl.F.I.N#Cc1ccc(C(=O)Nc2ccc(CO)cc2C(=O)Nc2ccc(Cl)cn2)cc1.[Li+]. The van der Waals surface area contributed by atoms with Crippen LogP contribution in [0.2, 0.25) is 10.0 Å². The molecule has 1 aliphatic heterocycles. The summed E-state index contributed by atoms with van der Waals surface area (Å²) in [6.07, 6.45) is 5.36. The molecule has 3 heterocycles. The number of aromatic nitrogens is 2. The molecule has 73 heavy (non-hydrogen) atoms. The molecule has 0 aliphatic carbocycles. The molecular weight excluding hydrogens is 1110 g/mol. The van der Waals surface area contributed by atoms with Crippen molar-refractivity contribution in [3.8, 4) is 6.07 Å². The van der Waals surface area contributed by atoms with Gasteiger partial charge in [-0.05, 0) is 109 Å². The zero-order chi connectivity index (χ0) is 50.3. The third-order valence-electron chi connectivity index (χ3n) is 9.43. The smallest absolute Gasteiger partial charge is 0.668 e. The summed E-state index contributed by atoms with van der Waals surface area (Å²) >= 11 is 11.6. The fourth-order valence-corrected chi connectivity index (χ4v) is 6.10. The van der Waals surface area contributed by atoms with Gasteiger partial charge < -0.3 is 46.4 Å². The normalized spacial score (nSPS) is 10.5. The van der Waals surface area contributed by atoms with Crippen LogP contribution in [0.3, 0.4) is 0 Å². The van der Waals surface area contributed by atoms with Crippen LogP contribution >= 0.6 is 59.6 Å². The maximum Gasteiger partial charge on any atom is 1.00 e. The number of aliphatic hydroxyl groups excluding tert-OH is 2. The number of anilines is 4. The number of rotatable bonds is 11. The molecule has 7 N–H and O–H groups in total. The Morgan fingerprint density at radius 1 is 0.671 bits per heavy atom. The van der Waals surface area contributed by atoms with Gasteiger partial charge in [0.2, 0.25) is 0 Å². The third kappa shape index (κ3) is 21.9. The number of hydrogen-bond acceptors (Lipinski definition) is 11. The van der Waals surface area contributed by atoms with Crippen LogP contribution < -0.4 is 40.1 Å². The number of carbonyl (C=O) groups excluding carboxylic acids is 4. The Morgan fingerprint density at radius 3 is 1.37 bits per heavy atom. The van der Waals surface area contributed by atoms with E-state index in [4.69, 9.17) is 38.6 Å². The minimum absolute atomic E-state index is 0. The summed E-state index contributed by atoms with van der Waals surface area (Å²) < 4.78 is 4.94. The van der Waals surface area contributed by atoms with E-state index in [2.05, 4.69) is 36.6 Å². The van der Waals surface area contributed by atoms with Crippen molar-refractivity contribution in [2.75, 3.05) is 62.7 Å². The molecule has 0 spiro atoms. The molecule has 0 saturated carbocycles. The van der Waals surface area contributed by atoms with Crippen LogP contribution in [0.25, 0.3) is 5.32 Å². The number of ether oxygens (including phenoxy) is 1. The molecule has 23 heteroatoms. The minimum atomic E-state index is -0.509. The van der Waals surface area contributed by atoms with Crippen molar-refractivity contribution in [3.63, 3.8) is 0 Å². The number of halogens is 5. The average molecular weight is 1170 g/mol. The van der Waals surface area contributed by atoms with E-state index in [1.54, 1.807) is 99.8 Å². The number of amides is 4. The van der Waals surface area contributed by atoms with Gasteiger partial charge in [0.25, 0.3) is 23.6 Å². The van der Waals surface area contributed by atoms with E-state index in [1.165, 1.54) is 67.7 Å². The van der Waals surface area contributed by atoms with Gasteiger partial charge in [0.1, 0.15) is 17.5 Å². The maximum absolute atomic E-state index is 12.8. The van der Waals surface area contributed by atoms with Crippen molar-refractivity contribution in [1.29, 1.82) is 10.7 Å². The number of nitriles is 1. The second kappa shape index (κ2) is 35.2. The topological polar surface area (TPSA) is 257 Å². The van der Waals surface area contributed by atoms with E-state index >= 15 is 0 Å². The van der Waals surface area contributed by atoms with Crippen LogP contribution in [-0.4, -0.2) is 95.9 Å². The monoisotopic (exact) mass is 1160 g/mol. The molecule has 6 aromatic rings. The molecule has 0 unspecified atom stereocenters. The van der Waals surface area contributed by atoms with Gasteiger partial charge in [-0.1, -0.05) is 47.5 Å². The van der Waals surface area contributed by atoms with Gasteiger partial charge in [-0.2, -0.15) is 19.4 Å². The van der Waals surface area contributed by atoms with Crippen molar-refractivity contribution in [3.05, 3.63) is 181 Å². The summed E-state index contributed by atoms with van der Waals surface area (Å²) in [5, 5.41) is 50.8. The van der Waals surface area contributed by atoms with Crippen molar-refractivity contribution >= 4 is 112 Å². The Hall–Kier alpha value is -6.01. The summed E-state index contributed by atoms with van der Waals surface area (Å²) in [7, 11) is 7.04. The predicted molar refractivity (Wildman–Crippen MR) is 294 cm³/mol. The molecule has 1 saturated heterocycles. The molecule has 7 rings (SSSR count). The molecule has 4 aromatic carbocycles. The van der Waals surface area contributed by atoms with Gasteiger partial charge in [-0.3, -0.25) is 29.3 Å². The molecule has 0 radical (unpaired) electrons. The first-order valence-electron chi connectivity index (χ1n) is 21.1. The molecule has 0 atom stereocenters. The van der Waals surface area contributed by atoms with Gasteiger partial charge in [0, 0.05) is 56.4 Å². The number of pyridine rings is 2. The fourth-order valence-electron chi connectivity index (χ4n) is 5.87. The van der Waals surface area contributed by atoms with E-state index in [-0.39, 0.29) is 101 Å². The maximum atomic E-state index is 12.8. The quantitative estimate of drug-likeness (QED) is 0.0306. The van der Waals surface area contributed by atoms with Crippen LogP contribution in [0.4, 0.5) is 27.7 Å². The van der Waals surface area contributed by atoms with E-state index < -0.39 is 23.6 Å². The summed E-state index contributed by atoms with van der Waals surface area (Å²) in [6.45, 7) is 1.48. The van der Waals surface area contributed by atoms with Crippen molar-refractivity contribution in [1.82, 2.24) is 14.9 Å². The second-order valence-electron chi connectivity index (χ2n) is 14.9. The summed E-state index contributed by atoms with van der Waals surface area (Å²) in [5.74, 6) is -0.951. The number of nitrogens with zero attached hydrogens (tertiary/aromatic N) is 5. The Morgan fingerprint density at radius 2 is 1.05 bits per heavy atom. The van der Waals surface area contributed by atoms with Crippen molar-refractivity contribution < 1.29 is 57.7 Å². The van der Waals surface area contributed by atoms with Crippen LogP contribution in [-0.2, 0) is 18.0 Å². The molecular formula is C50H54Cl3FILiN10O7. The first-order chi connectivity index (χ1) is 33.2. The molecule has 1 aliphatic rings. The number of amidine groups is 1. The molecule has 2 aromatic heterocycles. The zero-order valence-electron chi connectivity index (χ0n) is 40.4. The summed E-state index contributed by atoms with van der Waals surface area (Å²) in [5.41, 5.74) is 3.73. The first-order valence-corrected chi connectivity index (χ1v) is 21.8. The van der Waals surface area contributed by atoms with Gasteiger partial charge in [0.05, 0.1) is 57.4 Å². The van der Waals surface area contributed by atoms with Crippen LogP contribution in [0, 0.1) is 16.7 Å². The Balaban J connectivity index is 0.00000118. The standard InChI is InChI=1S/C23H22ClN5O3.C21H15ClN4O3.C4H8O.C2H6N.ClH.FH.HI.Li/c1-29(2)21(25)15-4-6-16(7-5-15)22(31)27-19-9-3-14(13-30)11-18(19)23(32)28-20-10-8-17(24)12-26-20;22-16-6-8-19(24-11-16)26-21(29)17-9-14(12-27)3-7-18(17)25-20(28)15-4-1-13(10-23)2-5-15;1-2-4-5-3-1;1-3-2;;;;/h3-12,25,30H,13H2,1-2H3,(H,27,31)(H,26,28,32);1-9,11,27H,12H2,(H,25,28)(H,24,26,29);1-4H2;1-2H3;3*1H;/q;;;-1;;;;+1. The fraction of sp³-hybridized carbons (Fsp3) is 0.200. The molecule has 17 nitrogen and oxygen atoms in total. The van der Waals surface area contributed by atoms with Gasteiger partial charge in [-0.15, -0.1) is 36.4 Å². The molecule has 4 amide bonds. The van der Waals surface area contributed by atoms with Crippen LogP contribution in [0.1, 0.15) is 76.5 Å². The van der Waals surface area contributed by atoms with E-state index in [0.29, 0.717) is 55.1 Å². The van der Waals surface area contributed by atoms with Crippen molar-refractivity contribution in [2.45, 2.75) is 26.1 Å². The van der Waals surface area contributed by atoms with Crippen LogP contribution in [0.15, 0.2) is 122 Å². The van der Waals surface area contributed by atoms with E-state index in [0.717, 1.165) is 13.2 Å². The minimum Gasteiger partial charge on any atom is -0.668 e. The summed E-state index contributed by atoms with van der Waals surface area (Å²) in [6, 6.07) is 30.3. The molecule has 382 valence electrons.